The lowest BCUT2D eigenvalue weighted by Gasteiger charge is -2.26. The van der Waals surface area contributed by atoms with Crippen molar-refractivity contribution in [2.24, 2.45) is 5.73 Å². The highest BCUT2D eigenvalue weighted by atomic mass is 16.5. The second-order valence-electron chi connectivity index (χ2n) is 3.92. The zero-order chi connectivity index (χ0) is 11.5. The number of ether oxygens (including phenoxy) is 1. The van der Waals surface area contributed by atoms with E-state index in [9.17, 15) is 0 Å². The third kappa shape index (κ3) is 2.54. The monoisotopic (exact) mass is 213 g/mol. The molecular formula is C10H19N3O2. The number of aryl methyl sites for hydroxylation is 1. The van der Waals surface area contributed by atoms with Gasteiger partial charge in [-0.2, -0.15) is 4.98 Å². The second kappa shape index (κ2) is 4.72. The average Bonchev–Trinajstić information content (AvgIpc) is 2.66. The summed E-state index contributed by atoms with van der Waals surface area (Å²) < 4.78 is 10.3. The summed E-state index contributed by atoms with van der Waals surface area (Å²) in [6.45, 7) is 5.78. The van der Waals surface area contributed by atoms with Crippen LogP contribution in [0.4, 0.5) is 0 Å². The van der Waals surface area contributed by atoms with Gasteiger partial charge < -0.3 is 15.0 Å². The number of hydrogen-bond donors (Lipinski definition) is 1. The van der Waals surface area contributed by atoms with Crippen molar-refractivity contribution in [3.05, 3.63) is 11.7 Å². The SMILES string of the molecule is CCCc1nc(C(C)(N)C(C)OC)no1. The van der Waals surface area contributed by atoms with Crippen molar-refractivity contribution >= 4 is 0 Å². The lowest BCUT2D eigenvalue weighted by atomic mass is 9.96. The standard InChI is InChI=1S/C10H19N3O2/c1-5-6-8-12-9(13-15-8)10(3,11)7(2)14-4/h7H,5-6,11H2,1-4H3. The molecule has 0 amide bonds. The fourth-order valence-electron chi connectivity index (χ4n) is 1.22. The quantitative estimate of drug-likeness (QED) is 0.796. The predicted octanol–water partition coefficient (Wildman–Crippen LogP) is 1.23. The first-order valence-electron chi connectivity index (χ1n) is 5.17. The zero-order valence-corrected chi connectivity index (χ0v) is 9.78. The Bertz CT molecular complexity index is 309. The van der Waals surface area contributed by atoms with Crippen molar-refractivity contribution in [1.29, 1.82) is 0 Å². The van der Waals surface area contributed by atoms with E-state index in [0.29, 0.717) is 11.7 Å². The molecule has 5 heteroatoms. The molecule has 2 atom stereocenters. The Kier molecular flexibility index (Phi) is 3.82. The zero-order valence-electron chi connectivity index (χ0n) is 9.78. The molecule has 15 heavy (non-hydrogen) atoms. The molecule has 0 saturated heterocycles. The summed E-state index contributed by atoms with van der Waals surface area (Å²) in [5, 5.41) is 3.88. The number of nitrogens with two attached hydrogens (primary N) is 1. The van der Waals surface area contributed by atoms with Gasteiger partial charge in [-0.05, 0) is 20.3 Å². The van der Waals surface area contributed by atoms with Crippen molar-refractivity contribution in [2.45, 2.75) is 45.3 Å². The first kappa shape index (κ1) is 12.1. The van der Waals surface area contributed by atoms with E-state index in [2.05, 4.69) is 17.1 Å². The van der Waals surface area contributed by atoms with Crippen LogP contribution in [0.1, 0.15) is 38.9 Å². The van der Waals surface area contributed by atoms with Crippen LogP contribution in [0.2, 0.25) is 0 Å². The fraction of sp³-hybridized carbons (Fsp3) is 0.800. The van der Waals surface area contributed by atoms with Crippen LogP contribution in [0.3, 0.4) is 0 Å². The Morgan fingerprint density at radius 2 is 2.27 bits per heavy atom. The maximum absolute atomic E-state index is 6.09. The lowest BCUT2D eigenvalue weighted by molar-refractivity contribution is 0.0505. The smallest absolute Gasteiger partial charge is 0.226 e. The van der Waals surface area contributed by atoms with Crippen molar-refractivity contribution in [3.8, 4) is 0 Å². The molecule has 2 N–H and O–H groups in total. The van der Waals surface area contributed by atoms with Gasteiger partial charge in [0.25, 0.3) is 0 Å². The van der Waals surface area contributed by atoms with Crippen LogP contribution in [0, 0.1) is 0 Å². The van der Waals surface area contributed by atoms with Gasteiger partial charge in [-0.1, -0.05) is 12.1 Å². The van der Waals surface area contributed by atoms with Crippen LogP contribution in [-0.2, 0) is 16.7 Å². The average molecular weight is 213 g/mol. The van der Waals surface area contributed by atoms with E-state index in [1.165, 1.54) is 0 Å². The highest BCUT2D eigenvalue weighted by Crippen LogP contribution is 2.20. The van der Waals surface area contributed by atoms with Gasteiger partial charge in [-0.15, -0.1) is 0 Å². The molecule has 1 rings (SSSR count). The first-order valence-corrected chi connectivity index (χ1v) is 5.17. The molecule has 0 aliphatic heterocycles. The van der Waals surface area contributed by atoms with Crippen molar-refractivity contribution in [3.63, 3.8) is 0 Å². The summed E-state index contributed by atoms with van der Waals surface area (Å²) in [6, 6.07) is 0. The maximum Gasteiger partial charge on any atom is 0.226 e. The van der Waals surface area contributed by atoms with Crippen molar-refractivity contribution in [1.82, 2.24) is 10.1 Å². The molecule has 0 fully saturated rings. The highest BCUT2D eigenvalue weighted by Gasteiger charge is 2.33. The third-order valence-electron chi connectivity index (χ3n) is 2.61. The molecule has 86 valence electrons. The van der Waals surface area contributed by atoms with Gasteiger partial charge in [0.2, 0.25) is 5.89 Å². The number of rotatable bonds is 5. The number of hydrogen-bond acceptors (Lipinski definition) is 5. The lowest BCUT2D eigenvalue weighted by Crippen LogP contribution is -2.45. The van der Waals surface area contributed by atoms with Crippen LogP contribution in [-0.4, -0.2) is 23.4 Å². The molecule has 1 aromatic heterocycles. The summed E-state index contributed by atoms with van der Waals surface area (Å²) >= 11 is 0. The highest BCUT2D eigenvalue weighted by molar-refractivity contribution is 5.04. The van der Waals surface area contributed by atoms with E-state index < -0.39 is 5.54 Å². The summed E-state index contributed by atoms with van der Waals surface area (Å²) in [7, 11) is 1.61. The fourth-order valence-corrected chi connectivity index (χ4v) is 1.22. The Morgan fingerprint density at radius 3 is 2.80 bits per heavy atom. The summed E-state index contributed by atoms with van der Waals surface area (Å²) in [4.78, 5) is 4.26. The summed E-state index contributed by atoms with van der Waals surface area (Å²) in [5.74, 6) is 1.13. The Balaban J connectivity index is 2.84. The maximum atomic E-state index is 6.09. The first-order chi connectivity index (χ1) is 7.02. The minimum Gasteiger partial charge on any atom is -0.379 e. The van der Waals surface area contributed by atoms with E-state index in [4.69, 9.17) is 15.0 Å². The van der Waals surface area contributed by atoms with Crippen LogP contribution >= 0.6 is 0 Å². The molecule has 0 aliphatic rings. The molecule has 1 heterocycles. The van der Waals surface area contributed by atoms with E-state index >= 15 is 0 Å². The molecule has 1 aromatic rings. The van der Waals surface area contributed by atoms with Crippen LogP contribution in [0.15, 0.2) is 4.52 Å². The van der Waals surface area contributed by atoms with E-state index in [1.54, 1.807) is 7.11 Å². The minimum absolute atomic E-state index is 0.162. The molecule has 0 aliphatic carbocycles. The predicted molar refractivity (Wildman–Crippen MR) is 56.3 cm³/mol. The molecular weight excluding hydrogens is 194 g/mol. The Morgan fingerprint density at radius 1 is 1.60 bits per heavy atom. The van der Waals surface area contributed by atoms with Crippen molar-refractivity contribution in [2.75, 3.05) is 7.11 Å². The summed E-state index contributed by atoms with van der Waals surface area (Å²) in [6.07, 6.45) is 1.59. The molecule has 5 nitrogen and oxygen atoms in total. The van der Waals surface area contributed by atoms with Gasteiger partial charge in [-0.25, -0.2) is 0 Å². The molecule has 0 saturated carbocycles. The van der Waals surface area contributed by atoms with Crippen LogP contribution < -0.4 is 5.73 Å². The minimum atomic E-state index is -0.718. The molecule has 0 bridgehead atoms. The summed E-state index contributed by atoms with van der Waals surface area (Å²) in [5.41, 5.74) is 5.37. The normalized spacial score (nSPS) is 17.4. The number of nitrogens with zero attached hydrogens (tertiary/aromatic N) is 2. The molecule has 0 spiro atoms. The van der Waals surface area contributed by atoms with Gasteiger partial charge in [0.15, 0.2) is 5.82 Å². The van der Waals surface area contributed by atoms with Gasteiger partial charge in [0, 0.05) is 13.5 Å². The second-order valence-corrected chi connectivity index (χ2v) is 3.92. The van der Waals surface area contributed by atoms with Crippen molar-refractivity contribution < 1.29 is 9.26 Å². The van der Waals surface area contributed by atoms with Crippen LogP contribution in [0.25, 0.3) is 0 Å². The van der Waals surface area contributed by atoms with Gasteiger partial charge in [0.1, 0.15) is 5.54 Å². The topological polar surface area (TPSA) is 74.2 Å². The van der Waals surface area contributed by atoms with Crippen LogP contribution in [0.5, 0.6) is 0 Å². The van der Waals surface area contributed by atoms with E-state index in [0.717, 1.165) is 12.8 Å². The number of methoxy groups -OCH3 is 1. The molecule has 2 unspecified atom stereocenters. The van der Waals surface area contributed by atoms with E-state index in [1.807, 2.05) is 13.8 Å². The van der Waals surface area contributed by atoms with Gasteiger partial charge in [-0.3, -0.25) is 0 Å². The van der Waals surface area contributed by atoms with Gasteiger partial charge in [0.05, 0.1) is 6.10 Å². The number of aromatic nitrogens is 2. The molecule has 0 aromatic carbocycles. The molecule has 0 radical (unpaired) electrons. The largest absolute Gasteiger partial charge is 0.379 e. The van der Waals surface area contributed by atoms with E-state index in [-0.39, 0.29) is 6.10 Å². The Labute approximate surface area is 90.0 Å². The third-order valence-corrected chi connectivity index (χ3v) is 2.61. The van der Waals surface area contributed by atoms with Gasteiger partial charge >= 0.3 is 0 Å². The Hall–Kier alpha value is -0.940.